The van der Waals surface area contributed by atoms with E-state index in [-0.39, 0.29) is 16.4 Å². The number of nitrogens with zero attached hydrogens (tertiary/aromatic N) is 1. The predicted molar refractivity (Wildman–Crippen MR) is 75.7 cm³/mol. The van der Waals surface area contributed by atoms with E-state index in [0.717, 1.165) is 18.9 Å². The van der Waals surface area contributed by atoms with Crippen molar-refractivity contribution >= 4 is 10.0 Å². The molecule has 1 saturated heterocycles. The minimum atomic E-state index is -3.66. The van der Waals surface area contributed by atoms with Crippen LogP contribution in [0.15, 0.2) is 23.1 Å². The van der Waals surface area contributed by atoms with Gasteiger partial charge in [-0.25, -0.2) is 12.8 Å². The van der Waals surface area contributed by atoms with Gasteiger partial charge in [-0.05, 0) is 37.0 Å². The van der Waals surface area contributed by atoms with Crippen LogP contribution in [0.1, 0.15) is 18.4 Å². The number of rotatable bonds is 5. The second-order valence-electron chi connectivity index (χ2n) is 5.24. The number of aliphatic hydroxyl groups is 1. The highest BCUT2D eigenvalue weighted by Gasteiger charge is 2.30. The van der Waals surface area contributed by atoms with E-state index in [1.54, 1.807) is 7.11 Å². The molecule has 1 aliphatic heterocycles. The first-order valence-corrected chi connectivity index (χ1v) is 8.31. The monoisotopic (exact) mass is 317 g/mol. The zero-order chi connectivity index (χ0) is 15.5. The number of ether oxygens (including phenoxy) is 1. The lowest BCUT2D eigenvalue weighted by molar-refractivity contribution is 0.118. The van der Waals surface area contributed by atoms with E-state index in [0.29, 0.717) is 19.7 Å². The third kappa shape index (κ3) is 3.60. The lowest BCUT2D eigenvalue weighted by Crippen LogP contribution is -2.41. The molecule has 1 N–H and O–H groups in total. The maximum atomic E-state index is 13.4. The molecule has 7 heteroatoms. The highest BCUT2D eigenvalue weighted by atomic mass is 32.2. The molecule has 0 bridgehead atoms. The molecule has 1 aromatic rings. The quantitative estimate of drug-likeness (QED) is 0.890. The number of sulfonamides is 1. The van der Waals surface area contributed by atoms with Gasteiger partial charge >= 0.3 is 0 Å². The van der Waals surface area contributed by atoms with Gasteiger partial charge in [0.1, 0.15) is 5.82 Å². The molecule has 1 heterocycles. The number of piperidine rings is 1. The molecule has 2 rings (SSSR count). The standard InChI is InChI=1S/C14H20FNO4S/c1-20-10-11-3-2-6-16(8-11)21(18,19)13-4-5-14(15)12(7-13)9-17/h4-5,7,11,17H,2-3,6,8-10H2,1H3. The van der Waals surface area contributed by atoms with Crippen LogP contribution in [-0.4, -0.2) is 44.6 Å². The van der Waals surface area contributed by atoms with Gasteiger partial charge in [-0.1, -0.05) is 0 Å². The molecular weight excluding hydrogens is 297 g/mol. The fraction of sp³-hybridized carbons (Fsp3) is 0.571. The Balaban J connectivity index is 2.25. The van der Waals surface area contributed by atoms with Crippen molar-refractivity contribution in [1.82, 2.24) is 4.31 Å². The number of hydrogen-bond acceptors (Lipinski definition) is 4. The Morgan fingerprint density at radius 3 is 2.90 bits per heavy atom. The van der Waals surface area contributed by atoms with Gasteiger partial charge in [-0.3, -0.25) is 0 Å². The van der Waals surface area contributed by atoms with Gasteiger partial charge in [0, 0.05) is 25.8 Å². The Bertz CT molecular complexity index is 589. The van der Waals surface area contributed by atoms with Gasteiger partial charge in [-0.15, -0.1) is 0 Å². The summed E-state index contributed by atoms with van der Waals surface area (Å²) >= 11 is 0. The first-order valence-electron chi connectivity index (χ1n) is 6.87. The summed E-state index contributed by atoms with van der Waals surface area (Å²) in [6, 6.07) is 3.52. The minimum absolute atomic E-state index is 0.0125. The van der Waals surface area contributed by atoms with Gasteiger partial charge in [-0.2, -0.15) is 4.31 Å². The van der Waals surface area contributed by atoms with Crippen LogP contribution in [0.3, 0.4) is 0 Å². The molecule has 5 nitrogen and oxygen atoms in total. The second kappa shape index (κ2) is 6.83. The zero-order valence-electron chi connectivity index (χ0n) is 12.0. The number of benzene rings is 1. The minimum Gasteiger partial charge on any atom is -0.392 e. The van der Waals surface area contributed by atoms with E-state index < -0.39 is 22.4 Å². The molecule has 0 amide bonds. The Morgan fingerprint density at radius 2 is 2.24 bits per heavy atom. The van der Waals surface area contributed by atoms with Gasteiger partial charge in [0.15, 0.2) is 0 Å². The summed E-state index contributed by atoms with van der Waals surface area (Å²) in [6.07, 6.45) is 1.71. The van der Waals surface area contributed by atoms with E-state index >= 15 is 0 Å². The molecule has 1 aliphatic rings. The summed E-state index contributed by atoms with van der Waals surface area (Å²) in [5.41, 5.74) is -0.0125. The van der Waals surface area contributed by atoms with Gasteiger partial charge in [0.05, 0.1) is 18.1 Å². The number of methoxy groups -OCH3 is 1. The van der Waals surface area contributed by atoms with Crippen LogP contribution in [0, 0.1) is 11.7 Å². The smallest absolute Gasteiger partial charge is 0.243 e. The molecule has 1 aromatic carbocycles. The normalized spacial score (nSPS) is 20.6. The summed E-state index contributed by atoms with van der Waals surface area (Å²) in [6.45, 7) is 0.856. The number of halogens is 1. The lowest BCUT2D eigenvalue weighted by atomic mass is 10.0. The predicted octanol–water partition coefficient (Wildman–Crippen LogP) is 1.37. The molecule has 118 valence electrons. The van der Waals surface area contributed by atoms with Crippen molar-refractivity contribution < 1.29 is 22.7 Å². The molecule has 0 radical (unpaired) electrons. The first-order chi connectivity index (χ1) is 9.98. The molecule has 1 atom stereocenters. The third-order valence-electron chi connectivity index (χ3n) is 3.71. The number of hydrogen-bond donors (Lipinski definition) is 1. The van der Waals surface area contributed by atoms with Crippen molar-refractivity contribution in [1.29, 1.82) is 0 Å². The largest absolute Gasteiger partial charge is 0.392 e. The van der Waals surface area contributed by atoms with Crippen LogP contribution in [0.4, 0.5) is 4.39 Å². The van der Waals surface area contributed by atoms with Gasteiger partial charge in [0.2, 0.25) is 10.0 Å². The highest BCUT2D eigenvalue weighted by molar-refractivity contribution is 7.89. The fourth-order valence-corrected chi connectivity index (χ4v) is 4.20. The molecular formula is C14H20FNO4S. The Morgan fingerprint density at radius 1 is 1.48 bits per heavy atom. The first kappa shape index (κ1) is 16.4. The average molecular weight is 317 g/mol. The maximum absolute atomic E-state index is 13.4. The van der Waals surface area contributed by atoms with Crippen molar-refractivity contribution in [3.63, 3.8) is 0 Å². The Kier molecular flexibility index (Phi) is 5.32. The van der Waals surface area contributed by atoms with Crippen LogP contribution in [0.25, 0.3) is 0 Å². The molecule has 1 fully saturated rings. The van der Waals surface area contributed by atoms with E-state index in [9.17, 15) is 12.8 Å². The van der Waals surface area contributed by atoms with Crippen LogP contribution in [-0.2, 0) is 21.4 Å². The molecule has 0 spiro atoms. The SMILES string of the molecule is COCC1CCCN(S(=O)(=O)c2ccc(F)c(CO)c2)C1. The van der Waals surface area contributed by atoms with E-state index in [2.05, 4.69) is 0 Å². The molecule has 1 unspecified atom stereocenters. The number of aliphatic hydroxyl groups excluding tert-OH is 1. The third-order valence-corrected chi connectivity index (χ3v) is 5.57. The summed E-state index contributed by atoms with van der Waals surface area (Å²) in [5.74, 6) is -0.427. The Labute approximate surface area is 124 Å². The lowest BCUT2D eigenvalue weighted by Gasteiger charge is -2.31. The summed E-state index contributed by atoms with van der Waals surface area (Å²) in [7, 11) is -2.06. The van der Waals surface area contributed by atoms with Crippen molar-refractivity contribution in [2.45, 2.75) is 24.3 Å². The van der Waals surface area contributed by atoms with E-state index in [1.165, 1.54) is 16.4 Å². The Hall–Kier alpha value is -1.02. The van der Waals surface area contributed by atoms with E-state index in [1.807, 2.05) is 0 Å². The second-order valence-corrected chi connectivity index (χ2v) is 7.18. The summed E-state index contributed by atoms with van der Waals surface area (Å²) in [5, 5.41) is 9.07. The molecule has 0 saturated carbocycles. The van der Waals surface area contributed by atoms with Gasteiger partial charge < -0.3 is 9.84 Å². The summed E-state index contributed by atoms with van der Waals surface area (Å²) in [4.78, 5) is 0.0195. The van der Waals surface area contributed by atoms with Crippen LogP contribution in [0.2, 0.25) is 0 Å². The van der Waals surface area contributed by atoms with Gasteiger partial charge in [0.25, 0.3) is 0 Å². The fourth-order valence-electron chi connectivity index (χ4n) is 2.60. The molecule has 0 aliphatic carbocycles. The average Bonchev–Trinajstić information content (AvgIpc) is 2.48. The summed E-state index contributed by atoms with van der Waals surface area (Å²) < 4.78 is 45.1. The van der Waals surface area contributed by atoms with Crippen molar-refractivity contribution in [2.75, 3.05) is 26.8 Å². The molecule has 0 aromatic heterocycles. The van der Waals surface area contributed by atoms with Crippen LogP contribution < -0.4 is 0 Å². The highest BCUT2D eigenvalue weighted by Crippen LogP contribution is 2.25. The maximum Gasteiger partial charge on any atom is 0.243 e. The van der Waals surface area contributed by atoms with Crippen LogP contribution >= 0.6 is 0 Å². The van der Waals surface area contributed by atoms with Crippen molar-refractivity contribution in [3.8, 4) is 0 Å². The van der Waals surface area contributed by atoms with Crippen molar-refractivity contribution in [2.24, 2.45) is 5.92 Å². The molecule has 21 heavy (non-hydrogen) atoms. The van der Waals surface area contributed by atoms with Crippen molar-refractivity contribution in [3.05, 3.63) is 29.6 Å². The topological polar surface area (TPSA) is 66.8 Å². The zero-order valence-corrected chi connectivity index (χ0v) is 12.8. The van der Waals surface area contributed by atoms with E-state index in [4.69, 9.17) is 9.84 Å². The van der Waals surface area contributed by atoms with Crippen LogP contribution in [0.5, 0.6) is 0 Å².